The fraction of sp³-hybridized carbons (Fsp3) is 0.615. The van der Waals surface area contributed by atoms with E-state index in [0.717, 1.165) is 25.3 Å². The van der Waals surface area contributed by atoms with Crippen molar-refractivity contribution < 1.29 is 9.53 Å². The molecule has 0 bridgehead atoms. The van der Waals surface area contributed by atoms with E-state index in [0.29, 0.717) is 0 Å². The summed E-state index contributed by atoms with van der Waals surface area (Å²) in [6.45, 7) is 7.16. The summed E-state index contributed by atoms with van der Waals surface area (Å²) in [6, 6.07) is 3.87. The van der Waals surface area contributed by atoms with Crippen LogP contribution in [0.4, 0.5) is 10.6 Å². The number of carbonyl (C=O) groups is 1. The Bertz CT molecular complexity index is 430. The van der Waals surface area contributed by atoms with Crippen molar-refractivity contribution in [1.29, 1.82) is 0 Å². The molecule has 0 spiro atoms. The molecule has 0 aromatic carbocycles. The molecule has 1 aliphatic heterocycles. The molecule has 0 saturated carbocycles. The van der Waals surface area contributed by atoms with Gasteiger partial charge in [-0.15, -0.1) is 5.10 Å². The third kappa shape index (κ3) is 4.08. The fourth-order valence-electron chi connectivity index (χ4n) is 2.02. The van der Waals surface area contributed by atoms with E-state index in [4.69, 9.17) is 4.74 Å². The van der Waals surface area contributed by atoms with Crippen LogP contribution in [-0.4, -0.2) is 41.0 Å². The number of hydrogen-bond donors (Lipinski definition) is 1. The molecule has 0 unspecified atom stereocenters. The molecule has 19 heavy (non-hydrogen) atoms. The molecule has 1 aromatic heterocycles. The van der Waals surface area contributed by atoms with Crippen LogP contribution in [0.2, 0.25) is 0 Å². The second-order valence-corrected chi connectivity index (χ2v) is 5.66. The van der Waals surface area contributed by atoms with Gasteiger partial charge in [0.15, 0.2) is 5.82 Å². The minimum atomic E-state index is -0.465. The van der Waals surface area contributed by atoms with E-state index in [1.807, 2.05) is 32.9 Å². The first-order chi connectivity index (χ1) is 8.94. The first-order valence-corrected chi connectivity index (χ1v) is 6.46. The van der Waals surface area contributed by atoms with E-state index >= 15 is 0 Å². The molecule has 0 radical (unpaired) electrons. The summed E-state index contributed by atoms with van der Waals surface area (Å²) in [5.74, 6) is 0.844. The van der Waals surface area contributed by atoms with Crippen molar-refractivity contribution >= 4 is 11.9 Å². The largest absolute Gasteiger partial charge is 0.444 e. The highest BCUT2D eigenvalue weighted by Crippen LogP contribution is 2.17. The number of nitrogens with one attached hydrogen (secondary N) is 1. The van der Waals surface area contributed by atoms with Crippen molar-refractivity contribution in [2.45, 2.75) is 38.8 Å². The highest BCUT2D eigenvalue weighted by Gasteiger charge is 2.26. The van der Waals surface area contributed by atoms with E-state index < -0.39 is 5.60 Å². The van der Waals surface area contributed by atoms with Gasteiger partial charge in [0.1, 0.15) is 5.60 Å². The molecule has 2 rings (SSSR count). The van der Waals surface area contributed by atoms with Crippen molar-refractivity contribution in [2.24, 2.45) is 0 Å². The molecule has 6 heteroatoms. The average Bonchev–Trinajstić information content (AvgIpc) is 2.76. The van der Waals surface area contributed by atoms with Gasteiger partial charge in [0.05, 0.1) is 6.04 Å². The minimum absolute atomic E-state index is 0.0943. The van der Waals surface area contributed by atoms with Gasteiger partial charge in [0, 0.05) is 19.3 Å². The highest BCUT2D eigenvalue weighted by atomic mass is 16.6. The van der Waals surface area contributed by atoms with Crippen LogP contribution in [0.1, 0.15) is 27.2 Å². The summed E-state index contributed by atoms with van der Waals surface area (Å²) in [7, 11) is 0. The lowest BCUT2D eigenvalue weighted by molar-refractivity contribution is 0.0509. The van der Waals surface area contributed by atoms with E-state index in [1.54, 1.807) is 6.20 Å². The number of ether oxygens (including phenoxy) is 1. The first kappa shape index (κ1) is 13.6. The molecular formula is C13H20N4O2. The summed E-state index contributed by atoms with van der Waals surface area (Å²) >= 11 is 0. The molecule has 0 aliphatic carbocycles. The molecule has 1 aromatic rings. The number of anilines is 1. The van der Waals surface area contributed by atoms with E-state index in [2.05, 4.69) is 20.4 Å². The number of nitrogens with zero attached hydrogens (tertiary/aromatic N) is 3. The van der Waals surface area contributed by atoms with Crippen molar-refractivity contribution in [1.82, 2.24) is 15.5 Å². The van der Waals surface area contributed by atoms with Gasteiger partial charge in [-0.2, -0.15) is 5.10 Å². The number of alkyl carbamates (subject to hydrolysis) is 1. The van der Waals surface area contributed by atoms with E-state index in [9.17, 15) is 4.79 Å². The molecule has 1 saturated heterocycles. The Kier molecular flexibility index (Phi) is 3.87. The van der Waals surface area contributed by atoms with Crippen LogP contribution in [0.5, 0.6) is 0 Å². The van der Waals surface area contributed by atoms with Crippen LogP contribution in [0.15, 0.2) is 18.3 Å². The normalized spacial score (nSPS) is 19.3. The molecule has 2 heterocycles. The summed E-state index contributed by atoms with van der Waals surface area (Å²) in [4.78, 5) is 13.8. The van der Waals surface area contributed by atoms with Gasteiger partial charge in [0.25, 0.3) is 0 Å². The zero-order valence-electron chi connectivity index (χ0n) is 11.6. The molecule has 1 atom stereocenters. The van der Waals surface area contributed by atoms with Crippen LogP contribution in [0.25, 0.3) is 0 Å². The summed E-state index contributed by atoms with van der Waals surface area (Å²) in [5.41, 5.74) is -0.465. The summed E-state index contributed by atoms with van der Waals surface area (Å²) < 4.78 is 5.24. The van der Waals surface area contributed by atoms with E-state index in [1.165, 1.54) is 0 Å². The van der Waals surface area contributed by atoms with Gasteiger partial charge in [-0.25, -0.2) is 4.79 Å². The highest BCUT2D eigenvalue weighted by molar-refractivity contribution is 5.68. The van der Waals surface area contributed by atoms with Crippen molar-refractivity contribution in [3.8, 4) is 0 Å². The Balaban J connectivity index is 1.84. The summed E-state index contributed by atoms with van der Waals surface area (Å²) in [6.07, 6.45) is 2.17. The topological polar surface area (TPSA) is 67.3 Å². The molecule has 1 aliphatic rings. The summed E-state index contributed by atoms with van der Waals surface area (Å²) in [5, 5.41) is 10.8. The predicted molar refractivity (Wildman–Crippen MR) is 72.0 cm³/mol. The van der Waals surface area contributed by atoms with Gasteiger partial charge in [0.2, 0.25) is 0 Å². The molecule has 104 valence electrons. The Morgan fingerprint density at radius 3 is 2.95 bits per heavy atom. The monoisotopic (exact) mass is 264 g/mol. The molecule has 1 amide bonds. The lowest BCUT2D eigenvalue weighted by atomic mass is 10.2. The van der Waals surface area contributed by atoms with Gasteiger partial charge >= 0.3 is 6.09 Å². The van der Waals surface area contributed by atoms with Crippen LogP contribution >= 0.6 is 0 Å². The van der Waals surface area contributed by atoms with Crippen LogP contribution < -0.4 is 10.2 Å². The number of amides is 1. The Morgan fingerprint density at radius 1 is 1.53 bits per heavy atom. The Morgan fingerprint density at radius 2 is 2.32 bits per heavy atom. The molecular weight excluding hydrogens is 244 g/mol. The van der Waals surface area contributed by atoms with Crippen molar-refractivity contribution in [3.63, 3.8) is 0 Å². The van der Waals surface area contributed by atoms with E-state index in [-0.39, 0.29) is 12.1 Å². The number of hydrogen-bond acceptors (Lipinski definition) is 5. The maximum atomic E-state index is 11.7. The van der Waals surface area contributed by atoms with Gasteiger partial charge in [-0.1, -0.05) is 0 Å². The maximum absolute atomic E-state index is 11.7. The molecule has 1 N–H and O–H groups in total. The van der Waals surface area contributed by atoms with Gasteiger partial charge in [-0.05, 0) is 39.3 Å². The zero-order valence-corrected chi connectivity index (χ0v) is 11.6. The second-order valence-electron chi connectivity index (χ2n) is 5.66. The van der Waals surface area contributed by atoms with Crippen molar-refractivity contribution in [2.75, 3.05) is 18.0 Å². The minimum Gasteiger partial charge on any atom is -0.444 e. The Labute approximate surface area is 113 Å². The SMILES string of the molecule is CC(C)(C)OC(=O)N[C@H]1CCN(c2cccnn2)C1. The van der Waals surface area contributed by atoms with Crippen LogP contribution in [0.3, 0.4) is 0 Å². The molecule has 6 nitrogen and oxygen atoms in total. The lowest BCUT2D eigenvalue weighted by Crippen LogP contribution is -2.40. The smallest absolute Gasteiger partial charge is 0.407 e. The van der Waals surface area contributed by atoms with Gasteiger partial charge < -0.3 is 15.0 Å². The zero-order chi connectivity index (χ0) is 13.9. The fourth-order valence-corrected chi connectivity index (χ4v) is 2.02. The second kappa shape index (κ2) is 5.42. The standard InChI is InChI=1S/C13H20N4O2/c1-13(2,3)19-12(18)15-10-6-8-17(9-10)11-5-4-7-14-16-11/h4-5,7,10H,6,8-9H2,1-3H3,(H,15,18)/t10-/m0/s1. The van der Waals surface area contributed by atoms with Gasteiger partial charge in [-0.3, -0.25) is 0 Å². The quantitative estimate of drug-likeness (QED) is 0.878. The van der Waals surface area contributed by atoms with Crippen molar-refractivity contribution in [3.05, 3.63) is 18.3 Å². The van der Waals surface area contributed by atoms with Crippen LogP contribution in [-0.2, 0) is 4.74 Å². The predicted octanol–water partition coefficient (Wildman–Crippen LogP) is 1.58. The van der Waals surface area contributed by atoms with Crippen LogP contribution in [0, 0.1) is 0 Å². The maximum Gasteiger partial charge on any atom is 0.407 e. The number of rotatable bonds is 2. The third-order valence-corrected chi connectivity index (χ3v) is 2.79. The first-order valence-electron chi connectivity index (χ1n) is 6.46. The molecule has 1 fully saturated rings. The number of aromatic nitrogens is 2. The average molecular weight is 264 g/mol. The third-order valence-electron chi connectivity index (χ3n) is 2.79. The number of carbonyl (C=O) groups excluding carboxylic acids is 1. The lowest BCUT2D eigenvalue weighted by Gasteiger charge is -2.22. The Hall–Kier alpha value is -1.85.